The minimum atomic E-state index is 0.300. The van der Waals surface area contributed by atoms with Crippen molar-refractivity contribution in [1.82, 2.24) is 0 Å². The molecule has 106 valence electrons. The largest absolute Gasteiger partial charge is 0.380 e. The van der Waals surface area contributed by atoms with Crippen molar-refractivity contribution < 1.29 is 0 Å². The molecule has 2 aromatic carbocycles. The first-order valence-electron chi connectivity index (χ1n) is 6.55. The van der Waals surface area contributed by atoms with Crippen LogP contribution >= 0.6 is 39.1 Å². The van der Waals surface area contributed by atoms with Crippen molar-refractivity contribution in [1.29, 1.82) is 0 Å². The van der Waals surface area contributed by atoms with Crippen molar-refractivity contribution >= 4 is 44.8 Å². The van der Waals surface area contributed by atoms with Gasteiger partial charge in [0, 0.05) is 10.5 Å². The standard InChI is InChI=1S/C16H16BrCl2N/c1-2-13(8-11-6-4-3-5-7-11)20-16-14(18)9-12(17)10-15(16)19/h3-7,9-10,13,20H,2,8H2,1H3. The monoisotopic (exact) mass is 371 g/mol. The average Bonchev–Trinajstić information content (AvgIpc) is 2.42. The van der Waals surface area contributed by atoms with Crippen LogP contribution < -0.4 is 5.32 Å². The Labute approximate surface area is 138 Å². The van der Waals surface area contributed by atoms with Crippen LogP contribution in [0.5, 0.6) is 0 Å². The Bertz CT molecular complexity index is 549. The zero-order valence-electron chi connectivity index (χ0n) is 11.2. The number of anilines is 1. The van der Waals surface area contributed by atoms with Crippen molar-refractivity contribution in [2.24, 2.45) is 0 Å². The van der Waals surface area contributed by atoms with E-state index in [0.717, 1.165) is 23.0 Å². The van der Waals surface area contributed by atoms with Gasteiger partial charge in [0.1, 0.15) is 0 Å². The quantitative estimate of drug-likeness (QED) is 0.659. The van der Waals surface area contributed by atoms with Gasteiger partial charge in [0.15, 0.2) is 0 Å². The Hall–Kier alpha value is -0.700. The second kappa shape index (κ2) is 7.35. The lowest BCUT2D eigenvalue weighted by Gasteiger charge is -2.20. The number of rotatable bonds is 5. The van der Waals surface area contributed by atoms with Gasteiger partial charge in [-0.25, -0.2) is 0 Å². The minimum Gasteiger partial charge on any atom is -0.380 e. The molecule has 0 saturated heterocycles. The highest BCUT2D eigenvalue weighted by molar-refractivity contribution is 9.10. The van der Waals surface area contributed by atoms with Crippen LogP contribution in [0.15, 0.2) is 46.9 Å². The van der Waals surface area contributed by atoms with Crippen LogP contribution in [0.2, 0.25) is 10.0 Å². The highest BCUT2D eigenvalue weighted by atomic mass is 79.9. The maximum Gasteiger partial charge on any atom is 0.0722 e. The fraction of sp³-hybridized carbons (Fsp3) is 0.250. The van der Waals surface area contributed by atoms with Crippen LogP contribution in [-0.2, 0) is 6.42 Å². The van der Waals surface area contributed by atoms with Gasteiger partial charge in [0.05, 0.1) is 15.7 Å². The van der Waals surface area contributed by atoms with Crippen LogP contribution in [0.25, 0.3) is 0 Å². The SMILES string of the molecule is CCC(Cc1ccccc1)Nc1c(Cl)cc(Br)cc1Cl. The predicted molar refractivity (Wildman–Crippen MR) is 92.0 cm³/mol. The molecule has 0 bridgehead atoms. The van der Waals surface area contributed by atoms with E-state index in [9.17, 15) is 0 Å². The van der Waals surface area contributed by atoms with Gasteiger partial charge in [-0.15, -0.1) is 0 Å². The van der Waals surface area contributed by atoms with Crippen LogP contribution in [0, 0.1) is 0 Å². The molecule has 4 heteroatoms. The van der Waals surface area contributed by atoms with Gasteiger partial charge >= 0.3 is 0 Å². The lowest BCUT2D eigenvalue weighted by molar-refractivity contribution is 0.690. The Morgan fingerprint density at radius 1 is 1.10 bits per heavy atom. The first kappa shape index (κ1) is 15.7. The zero-order chi connectivity index (χ0) is 14.5. The van der Waals surface area contributed by atoms with Gasteiger partial charge in [-0.1, -0.05) is 76.4 Å². The smallest absolute Gasteiger partial charge is 0.0722 e. The molecule has 2 rings (SSSR count). The van der Waals surface area contributed by atoms with Crippen molar-refractivity contribution in [3.05, 3.63) is 62.5 Å². The van der Waals surface area contributed by atoms with E-state index in [-0.39, 0.29) is 0 Å². The molecular weight excluding hydrogens is 357 g/mol. The molecular formula is C16H16BrCl2N. The van der Waals surface area contributed by atoms with E-state index >= 15 is 0 Å². The Kier molecular flexibility index (Phi) is 5.76. The van der Waals surface area contributed by atoms with E-state index in [1.165, 1.54) is 5.56 Å². The number of hydrogen-bond donors (Lipinski definition) is 1. The van der Waals surface area contributed by atoms with Gasteiger partial charge in [-0.3, -0.25) is 0 Å². The molecule has 0 saturated carbocycles. The third kappa shape index (κ3) is 4.15. The first-order chi connectivity index (χ1) is 9.60. The van der Waals surface area contributed by atoms with Gasteiger partial charge in [0.2, 0.25) is 0 Å². The second-order valence-electron chi connectivity index (χ2n) is 4.68. The summed E-state index contributed by atoms with van der Waals surface area (Å²) in [4.78, 5) is 0. The van der Waals surface area contributed by atoms with Gasteiger partial charge < -0.3 is 5.32 Å². The third-order valence-electron chi connectivity index (χ3n) is 3.17. The van der Waals surface area contributed by atoms with Crippen molar-refractivity contribution in [3.63, 3.8) is 0 Å². The molecule has 1 nitrogen and oxygen atoms in total. The summed E-state index contributed by atoms with van der Waals surface area (Å²) in [5.74, 6) is 0. The Morgan fingerprint density at radius 2 is 1.70 bits per heavy atom. The van der Waals surface area contributed by atoms with E-state index < -0.39 is 0 Å². The van der Waals surface area contributed by atoms with E-state index in [1.54, 1.807) is 0 Å². The number of halogens is 3. The summed E-state index contributed by atoms with van der Waals surface area (Å²) in [5.41, 5.74) is 2.11. The van der Waals surface area contributed by atoms with Crippen LogP contribution in [0.3, 0.4) is 0 Å². The first-order valence-corrected chi connectivity index (χ1v) is 8.10. The summed E-state index contributed by atoms with van der Waals surface area (Å²) in [7, 11) is 0. The molecule has 1 atom stereocenters. The van der Waals surface area contributed by atoms with Crippen molar-refractivity contribution in [2.75, 3.05) is 5.32 Å². The molecule has 0 aliphatic carbocycles. The summed E-state index contributed by atoms with van der Waals surface area (Å²) in [6.45, 7) is 2.15. The molecule has 0 aliphatic rings. The summed E-state index contributed by atoms with van der Waals surface area (Å²) in [6, 6.07) is 14.4. The molecule has 0 aliphatic heterocycles. The third-order valence-corrected chi connectivity index (χ3v) is 4.23. The van der Waals surface area contributed by atoms with Gasteiger partial charge in [-0.05, 0) is 30.5 Å². The Balaban J connectivity index is 2.15. The molecule has 0 aromatic heterocycles. The molecule has 0 spiro atoms. The molecule has 1 N–H and O–H groups in total. The number of hydrogen-bond acceptors (Lipinski definition) is 1. The average molecular weight is 373 g/mol. The van der Waals surface area contributed by atoms with Crippen LogP contribution in [-0.4, -0.2) is 6.04 Å². The highest BCUT2D eigenvalue weighted by Crippen LogP contribution is 2.34. The summed E-state index contributed by atoms with van der Waals surface area (Å²) < 4.78 is 0.883. The fourth-order valence-electron chi connectivity index (χ4n) is 2.08. The molecule has 2 aromatic rings. The fourth-order valence-corrected chi connectivity index (χ4v) is 3.40. The molecule has 0 amide bonds. The van der Waals surface area contributed by atoms with Gasteiger partial charge in [0.25, 0.3) is 0 Å². The van der Waals surface area contributed by atoms with Crippen molar-refractivity contribution in [3.8, 4) is 0 Å². The number of nitrogens with one attached hydrogen (secondary N) is 1. The zero-order valence-corrected chi connectivity index (χ0v) is 14.3. The molecule has 0 heterocycles. The van der Waals surface area contributed by atoms with E-state index in [2.05, 4.69) is 52.4 Å². The molecule has 0 fully saturated rings. The maximum absolute atomic E-state index is 6.26. The second-order valence-corrected chi connectivity index (χ2v) is 6.41. The molecule has 0 radical (unpaired) electrons. The van der Waals surface area contributed by atoms with E-state index in [1.807, 2.05) is 18.2 Å². The summed E-state index contributed by atoms with van der Waals surface area (Å²) >= 11 is 15.9. The maximum atomic E-state index is 6.26. The normalized spacial score (nSPS) is 12.2. The molecule has 20 heavy (non-hydrogen) atoms. The summed E-state index contributed by atoms with van der Waals surface area (Å²) in [5, 5.41) is 4.73. The summed E-state index contributed by atoms with van der Waals surface area (Å²) in [6.07, 6.45) is 1.94. The lowest BCUT2D eigenvalue weighted by Crippen LogP contribution is -2.21. The van der Waals surface area contributed by atoms with E-state index in [4.69, 9.17) is 23.2 Å². The highest BCUT2D eigenvalue weighted by Gasteiger charge is 2.13. The number of benzene rings is 2. The van der Waals surface area contributed by atoms with Crippen LogP contribution in [0.1, 0.15) is 18.9 Å². The van der Waals surface area contributed by atoms with Gasteiger partial charge in [-0.2, -0.15) is 0 Å². The van der Waals surface area contributed by atoms with Crippen molar-refractivity contribution in [2.45, 2.75) is 25.8 Å². The lowest BCUT2D eigenvalue weighted by atomic mass is 10.0. The molecule has 1 unspecified atom stereocenters. The minimum absolute atomic E-state index is 0.300. The topological polar surface area (TPSA) is 12.0 Å². The predicted octanol–water partition coefficient (Wildman–Crippen LogP) is 6.19. The van der Waals surface area contributed by atoms with E-state index in [0.29, 0.717) is 16.1 Å². The Morgan fingerprint density at radius 3 is 2.25 bits per heavy atom. The van der Waals surface area contributed by atoms with Crippen LogP contribution in [0.4, 0.5) is 5.69 Å².